The number of methoxy groups -OCH3 is 1. The molecule has 20 heavy (non-hydrogen) atoms. The van der Waals surface area contributed by atoms with Gasteiger partial charge in [0.05, 0.1) is 7.11 Å². The number of urea groups is 1. The first-order valence-electron chi connectivity index (χ1n) is 5.00. The van der Waals surface area contributed by atoms with Crippen LogP contribution in [0.5, 0.6) is 0 Å². The molecule has 1 unspecified atom stereocenters. The maximum absolute atomic E-state index is 11.7. The average molecular weight is 345 g/mol. The molecular formula is C8H10Cl2N4O5S. The van der Waals surface area contributed by atoms with Gasteiger partial charge in [-0.05, 0) is 6.92 Å². The fourth-order valence-electron chi connectivity index (χ4n) is 1.17. The number of halogens is 2. The van der Waals surface area contributed by atoms with Gasteiger partial charge in [0.25, 0.3) is 0 Å². The number of nitrogens with one attached hydrogen (secondary N) is 3. The Kier molecular flexibility index (Phi) is 5.34. The lowest BCUT2D eigenvalue weighted by atomic mass is 10.4. The lowest BCUT2D eigenvalue weighted by molar-refractivity contribution is -0.142. The summed E-state index contributed by atoms with van der Waals surface area (Å²) in [6.45, 7) is 1.26. The van der Waals surface area contributed by atoms with Gasteiger partial charge in [-0.3, -0.25) is 10.1 Å². The molecule has 3 N–H and O–H groups in total. The second kappa shape index (κ2) is 6.39. The van der Waals surface area contributed by atoms with Crippen LogP contribution in [0.1, 0.15) is 6.92 Å². The van der Waals surface area contributed by atoms with Crippen molar-refractivity contribution in [2.75, 3.05) is 7.11 Å². The van der Waals surface area contributed by atoms with Crippen LogP contribution >= 0.6 is 23.2 Å². The molecular weight excluding hydrogens is 335 g/mol. The summed E-state index contributed by atoms with van der Waals surface area (Å²) in [5.74, 6) is -1.19. The smallest absolute Gasteiger partial charge is 0.325 e. The average Bonchev–Trinajstić information content (AvgIpc) is 2.67. The number of nitrogens with zero attached hydrogens (tertiary/aromatic N) is 1. The molecule has 1 aliphatic rings. The fourth-order valence-corrected chi connectivity index (χ4v) is 2.42. The molecule has 0 aromatic rings. The van der Waals surface area contributed by atoms with Crippen molar-refractivity contribution >= 4 is 51.2 Å². The van der Waals surface area contributed by atoms with Crippen LogP contribution in [0.3, 0.4) is 0 Å². The Morgan fingerprint density at radius 2 is 2.00 bits per heavy atom. The van der Waals surface area contributed by atoms with Crippen LogP contribution in [-0.2, 0) is 19.7 Å². The van der Waals surface area contributed by atoms with E-state index in [0.717, 1.165) is 7.11 Å². The number of ether oxygens (including phenoxy) is 1. The first-order valence-corrected chi connectivity index (χ1v) is 7.19. The maximum Gasteiger partial charge on any atom is 0.325 e. The molecule has 0 spiro atoms. The molecule has 1 fully saturated rings. The van der Waals surface area contributed by atoms with Crippen LogP contribution in [0.4, 0.5) is 4.79 Å². The Labute approximate surface area is 124 Å². The third-order valence-corrected chi connectivity index (χ3v) is 3.44. The van der Waals surface area contributed by atoms with E-state index >= 15 is 0 Å². The Morgan fingerprint density at radius 1 is 1.40 bits per heavy atom. The predicted octanol–water partition coefficient (Wildman–Crippen LogP) is -0.260. The summed E-state index contributed by atoms with van der Waals surface area (Å²) in [6, 6.07) is -1.90. The number of carbonyl (C=O) groups excluding carboxylic acids is 2. The van der Waals surface area contributed by atoms with Crippen LogP contribution in [0.2, 0.25) is 0 Å². The van der Waals surface area contributed by atoms with E-state index in [4.69, 9.17) is 23.2 Å². The van der Waals surface area contributed by atoms with E-state index in [9.17, 15) is 18.0 Å². The van der Waals surface area contributed by atoms with Crippen LogP contribution in [-0.4, -0.2) is 39.4 Å². The summed E-state index contributed by atoms with van der Waals surface area (Å²) >= 11 is 10.9. The molecule has 1 saturated heterocycles. The number of amidine groups is 1. The van der Waals surface area contributed by atoms with E-state index in [1.807, 2.05) is 4.72 Å². The summed E-state index contributed by atoms with van der Waals surface area (Å²) in [5.41, 5.74) is -0.186. The van der Waals surface area contributed by atoms with Crippen LogP contribution in [0, 0.1) is 0 Å². The Balaban J connectivity index is 3.00. The van der Waals surface area contributed by atoms with Crippen molar-refractivity contribution in [1.82, 2.24) is 15.4 Å². The van der Waals surface area contributed by atoms with Crippen molar-refractivity contribution < 1.29 is 22.7 Å². The maximum atomic E-state index is 11.7. The highest BCUT2D eigenvalue weighted by Crippen LogP contribution is 2.16. The van der Waals surface area contributed by atoms with Crippen LogP contribution < -0.4 is 15.4 Å². The van der Waals surface area contributed by atoms with Gasteiger partial charge in [-0.15, -0.1) is 4.40 Å². The molecule has 0 saturated carbocycles. The van der Waals surface area contributed by atoms with Crippen molar-refractivity contribution in [3.8, 4) is 0 Å². The third-order valence-electron chi connectivity index (χ3n) is 1.99. The molecule has 12 heteroatoms. The number of hydrogen-bond donors (Lipinski definition) is 3. The number of rotatable bonds is 4. The molecule has 0 aromatic heterocycles. The molecule has 0 bridgehead atoms. The Hall–Kier alpha value is -1.36. The monoisotopic (exact) mass is 344 g/mol. The van der Waals surface area contributed by atoms with Gasteiger partial charge in [-0.1, -0.05) is 23.2 Å². The van der Waals surface area contributed by atoms with Crippen molar-refractivity contribution in [3.05, 3.63) is 10.2 Å². The lowest BCUT2D eigenvalue weighted by Crippen LogP contribution is -2.39. The van der Waals surface area contributed by atoms with Gasteiger partial charge in [0.1, 0.15) is 16.2 Å². The largest absolute Gasteiger partial charge is 0.468 e. The SMILES string of the molecule is COC(=O)C(C)NS(=O)(=O)/N=C1\NC(=O)NC1=C(Cl)Cl. The first-order chi connectivity index (χ1) is 9.16. The standard InChI is InChI=1S/C8H10Cl2N4O5S/c1-3(7(15)19-2)13-20(17,18)14-6-4(5(9)10)11-8(16)12-6/h3,13H,1-2H3,(H2,11,12,14,16). The predicted molar refractivity (Wildman–Crippen MR) is 71.4 cm³/mol. The van der Waals surface area contributed by atoms with Gasteiger partial charge in [-0.25, -0.2) is 4.79 Å². The first kappa shape index (κ1) is 16.7. The van der Waals surface area contributed by atoms with Crippen LogP contribution in [0.15, 0.2) is 14.6 Å². The van der Waals surface area contributed by atoms with Crippen molar-refractivity contribution in [1.29, 1.82) is 0 Å². The highest BCUT2D eigenvalue weighted by Gasteiger charge is 2.28. The minimum absolute atomic E-state index is 0.186. The highest BCUT2D eigenvalue weighted by molar-refractivity contribution is 7.88. The van der Waals surface area contributed by atoms with Gasteiger partial charge in [0.15, 0.2) is 5.84 Å². The lowest BCUT2D eigenvalue weighted by Gasteiger charge is -2.09. The number of hydrogen-bond acceptors (Lipinski definition) is 5. The molecule has 1 heterocycles. The second-order valence-corrected chi connectivity index (χ2v) is 5.81. The van der Waals surface area contributed by atoms with Crippen molar-refractivity contribution in [2.24, 2.45) is 4.40 Å². The molecule has 112 valence electrons. The molecule has 1 aliphatic heterocycles. The van der Waals surface area contributed by atoms with Gasteiger partial charge in [-0.2, -0.15) is 13.1 Å². The molecule has 1 rings (SSSR count). The zero-order valence-corrected chi connectivity index (χ0v) is 12.6. The topological polar surface area (TPSA) is 126 Å². The van der Waals surface area contributed by atoms with Gasteiger partial charge < -0.3 is 10.1 Å². The molecule has 1 atom stereocenters. The van der Waals surface area contributed by atoms with Crippen LogP contribution in [0.25, 0.3) is 0 Å². The van der Waals surface area contributed by atoms with Crippen molar-refractivity contribution in [3.63, 3.8) is 0 Å². The van der Waals surface area contributed by atoms with E-state index in [-0.39, 0.29) is 16.0 Å². The summed E-state index contributed by atoms with van der Waals surface area (Å²) < 4.78 is 32.6. The summed E-state index contributed by atoms with van der Waals surface area (Å²) in [6.07, 6.45) is 0. The summed E-state index contributed by atoms with van der Waals surface area (Å²) in [4.78, 5) is 22.2. The van der Waals surface area contributed by atoms with E-state index < -0.39 is 28.3 Å². The van der Waals surface area contributed by atoms with Crippen molar-refractivity contribution in [2.45, 2.75) is 13.0 Å². The Bertz CT molecular complexity index is 596. The number of amides is 2. The molecule has 0 aliphatic carbocycles. The number of esters is 1. The molecule has 9 nitrogen and oxygen atoms in total. The zero-order valence-electron chi connectivity index (χ0n) is 10.2. The van der Waals surface area contributed by atoms with E-state index in [1.165, 1.54) is 6.92 Å². The van der Waals surface area contributed by atoms with E-state index in [0.29, 0.717) is 0 Å². The second-order valence-electron chi connectivity index (χ2n) is 3.49. The highest BCUT2D eigenvalue weighted by atomic mass is 35.5. The minimum Gasteiger partial charge on any atom is -0.468 e. The molecule has 0 aromatic carbocycles. The normalized spacial score (nSPS) is 18.5. The zero-order chi connectivity index (χ0) is 15.5. The van der Waals surface area contributed by atoms with Gasteiger partial charge in [0.2, 0.25) is 0 Å². The van der Waals surface area contributed by atoms with E-state index in [2.05, 4.69) is 19.8 Å². The molecule has 2 amide bonds. The summed E-state index contributed by atoms with van der Waals surface area (Å²) in [5, 5.41) is 4.26. The summed E-state index contributed by atoms with van der Waals surface area (Å²) in [7, 11) is -3.17. The minimum atomic E-state index is -4.28. The Morgan fingerprint density at radius 3 is 2.50 bits per heavy atom. The molecule has 0 radical (unpaired) electrons. The van der Waals surface area contributed by atoms with Gasteiger partial charge in [0, 0.05) is 0 Å². The quantitative estimate of drug-likeness (QED) is 0.605. The third kappa shape index (κ3) is 4.34. The number of carbonyl (C=O) groups is 2. The van der Waals surface area contributed by atoms with Gasteiger partial charge >= 0.3 is 22.2 Å². The fraction of sp³-hybridized carbons (Fsp3) is 0.375. The van der Waals surface area contributed by atoms with E-state index in [1.54, 1.807) is 0 Å².